The van der Waals surface area contributed by atoms with Gasteiger partial charge in [0.05, 0.1) is 12.1 Å². The first-order valence-electron chi connectivity index (χ1n) is 10.5. The van der Waals surface area contributed by atoms with Gasteiger partial charge in [-0.3, -0.25) is 4.79 Å². The highest BCUT2D eigenvalue weighted by molar-refractivity contribution is 5.39. The molecule has 2 heterocycles. The Labute approximate surface area is 155 Å². The van der Waals surface area contributed by atoms with Crippen molar-refractivity contribution in [2.24, 2.45) is 0 Å². The van der Waals surface area contributed by atoms with Crippen LogP contribution in [0.25, 0.3) is 0 Å². The standard InChI is InChI=1S/C20H32N4O2/c25-18-10-2-1-9-17(18)24-20(26)12-11-19(22-24)23-13-4-3-8-16(23)14-21-15-6-5-7-15/h11-12,15-18,21,25H,1-10,13-14H2. The Bertz CT molecular complexity index is 657. The molecule has 3 aliphatic rings. The molecule has 26 heavy (non-hydrogen) atoms. The zero-order valence-corrected chi connectivity index (χ0v) is 15.6. The minimum atomic E-state index is -0.457. The summed E-state index contributed by atoms with van der Waals surface area (Å²) in [6, 6.07) is 4.47. The van der Waals surface area contributed by atoms with Crippen LogP contribution in [-0.2, 0) is 0 Å². The molecule has 0 amide bonds. The zero-order chi connectivity index (χ0) is 17.9. The highest BCUT2D eigenvalue weighted by Gasteiger charge is 2.29. The molecule has 0 aromatic carbocycles. The van der Waals surface area contributed by atoms with Crippen molar-refractivity contribution in [3.8, 4) is 0 Å². The first-order valence-corrected chi connectivity index (χ1v) is 10.5. The van der Waals surface area contributed by atoms with E-state index in [1.807, 2.05) is 6.07 Å². The first kappa shape index (κ1) is 18.0. The summed E-state index contributed by atoms with van der Waals surface area (Å²) in [6.45, 7) is 1.99. The molecule has 2 aliphatic carbocycles. The molecule has 144 valence electrons. The van der Waals surface area contributed by atoms with Crippen molar-refractivity contribution in [3.05, 3.63) is 22.5 Å². The highest BCUT2D eigenvalue weighted by Crippen LogP contribution is 2.28. The predicted octanol–water partition coefficient (Wildman–Crippen LogP) is 2.22. The van der Waals surface area contributed by atoms with Crippen LogP contribution in [0.1, 0.15) is 70.3 Å². The Hall–Kier alpha value is -1.40. The maximum absolute atomic E-state index is 12.4. The number of aromatic nitrogens is 2. The number of rotatable bonds is 5. The fraction of sp³-hybridized carbons (Fsp3) is 0.800. The summed E-state index contributed by atoms with van der Waals surface area (Å²) in [7, 11) is 0. The van der Waals surface area contributed by atoms with Gasteiger partial charge in [0.2, 0.25) is 0 Å². The van der Waals surface area contributed by atoms with Crippen LogP contribution >= 0.6 is 0 Å². The average molecular weight is 361 g/mol. The number of nitrogens with zero attached hydrogens (tertiary/aromatic N) is 3. The maximum Gasteiger partial charge on any atom is 0.267 e. The van der Waals surface area contributed by atoms with E-state index < -0.39 is 6.10 Å². The van der Waals surface area contributed by atoms with Crippen molar-refractivity contribution in [3.63, 3.8) is 0 Å². The number of aliphatic hydroxyl groups excluding tert-OH is 1. The van der Waals surface area contributed by atoms with Crippen molar-refractivity contribution in [1.29, 1.82) is 0 Å². The van der Waals surface area contributed by atoms with Crippen molar-refractivity contribution in [2.45, 2.75) is 88.4 Å². The molecule has 0 radical (unpaired) electrons. The lowest BCUT2D eigenvalue weighted by molar-refractivity contribution is 0.0669. The van der Waals surface area contributed by atoms with Crippen molar-refractivity contribution in [1.82, 2.24) is 15.1 Å². The second-order valence-electron chi connectivity index (χ2n) is 8.27. The van der Waals surface area contributed by atoms with Crippen LogP contribution < -0.4 is 15.8 Å². The lowest BCUT2D eigenvalue weighted by Crippen LogP contribution is -2.50. The first-order chi connectivity index (χ1) is 12.7. The van der Waals surface area contributed by atoms with Gasteiger partial charge in [0, 0.05) is 31.2 Å². The molecule has 6 nitrogen and oxygen atoms in total. The van der Waals surface area contributed by atoms with Crippen LogP contribution in [0.2, 0.25) is 0 Å². The van der Waals surface area contributed by atoms with Gasteiger partial charge in [0.15, 0.2) is 0 Å². The molecule has 3 atom stereocenters. The van der Waals surface area contributed by atoms with Gasteiger partial charge in [0.1, 0.15) is 5.82 Å². The average Bonchev–Trinajstić information content (AvgIpc) is 2.62. The largest absolute Gasteiger partial charge is 0.391 e. The smallest absolute Gasteiger partial charge is 0.267 e. The Morgan fingerprint density at radius 2 is 1.85 bits per heavy atom. The third kappa shape index (κ3) is 3.81. The highest BCUT2D eigenvalue weighted by atomic mass is 16.3. The van der Waals surface area contributed by atoms with E-state index in [0.717, 1.165) is 44.6 Å². The summed E-state index contributed by atoms with van der Waals surface area (Å²) in [5.41, 5.74) is -0.0964. The van der Waals surface area contributed by atoms with Gasteiger partial charge < -0.3 is 15.3 Å². The van der Waals surface area contributed by atoms with E-state index in [0.29, 0.717) is 12.1 Å². The van der Waals surface area contributed by atoms with E-state index in [9.17, 15) is 9.90 Å². The fourth-order valence-electron chi connectivity index (χ4n) is 4.61. The monoisotopic (exact) mass is 360 g/mol. The summed E-state index contributed by atoms with van der Waals surface area (Å²) in [5, 5.41) is 18.8. The summed E-state index contributed by atoms with van der Waals surface area (Å²) in [5.74, 6) is 0.891. The van der Waals surface area contributed by atoms with Crippen molar-refractivity contribution in [2.75, 3.05) is 18.0 Å². The third-order valence-electron chi connectivity index (χ3n) is 6.49. The quantitative estimate of drug-likeness (QED) is 0.843. The number of hydrogen-bond acceptors (Lipinski definition) is 5. The molecule has 1 aromatic rings. The lowest BCUT2D eigenvalue weighted by Gasteiger charge is -2.39. The molecule has 2 N–H and O–H groups in total. The molecule has 0 bridgehead atoms. The second-order valence-corrected chi connectivity index (χ2v) is 8.27. The molecule has 6 heteroatoms. The minimum Gasteiger partial charge on any atom is -0.391 e. The summed E-state index contributed by atoms with van der Waals surface area (Å²) in [6.07, 6.45) is 10.8. The Morgan fingerprint density at radius 3 is 2.62 bits per heavy atom. The van der Waals surface area contributed by atoms with Gasteiger partial charge in [-0.2, -0.15) is 5.10 Å². The molecule has 1 aliphatic heterocycles. The summed E-state index contributed by atoms with van der Waals surface area (Å²) < 4.78 is 1.56. The zero-order valence-electron chi connectivity index (χ0n) is 15.6. The predicted molar refractivity (Wildman–Crippen MR) is 103 cm³/mol. The van der Waals surface area contributed by atoms with E-state index in [4.69, 9.17) is 5.10 Å². The van der Waals surface area contributed by atoms with Crippen molar-refractivity contribution >= 4 is 5.82 Å². The van der Waals surface area contributed by atoms with Gasteiger partial charge in [-0.15, -0.1) is 0 Å². The maximum atomic E-state index is 12.4. The Balaban J connectivity index is 1.52. The number of anilines is 1. The van der Waals surface area contributed by atoms with Crippen molar-refractivity contribution < 1.29 is 5.11 Å². The molecule has 2 saturated carbocycles. The molecule has 1 aromatic heterocycles. The fourth-order valence-corrected chi connectivity index (χ4v) is 4.61. The van der Waals surface area contributed by atoms with Gasteiger partial charge in [0.25, 0.3) is 5.56 Å². The number of aliphatic hydroxyl groups is 1. The molecule has 3 unspecified atom stereocenters. The van der Waals surface area contributed by atoms with E-state index >= 15 is 0 Å². The van der Waals surface area contributed by atoms with Gasteiger partial charge in [-0.1, -0.05) is 19.3 Å². The van der Waals surface area contributed by atoms with E-state index in [2.05, 4.69) is 10.2 Å². The van der Waals surface area contributed by atoms with Gasteiger partial charge in [-0.05, 0) is 51.0 Å². The van der Waals surface area contributed by atoms with E-state index in [1.165, 1.54) is 38.5 Å². The van der Waals surface area contributed by atoms with Crippen LogP contribution in [0.4, 0.5) is 5.82 Å². The topological polar surface area (TPSA) is 70.4 Å². The third-order valence-corrected chi connectivity index (χ3v) is 6.49. The molecular weight excluding hydrogens is 328 g/mol. The summed E-state index contributed by atoms with van der Waals surface area (Å²) in [4.78, 5) is 14.8. The molecule has 0 spiro atoms. The summed E-state index contributed by atoms with van der Waals surface area (Å²) >= 11 is 0. The Kier molecular flexibility index (Phi) is 5.60. The Morgan fingerprint density at radius 1 is 1.04 bits per heavy atom. The van der Waals surface area contributed by atoms with Crippen LogP contribution in [0.15, 0.2) is 16.9 Å². The minimum absolute atomic E-state index is 0.0964. The van der Waals surface area contributed by atoms with E-state index in [-0.39, 0.29) is 11.6 Å². The SMILES string of the molecule is O=c1ccc(N2CCCCC2CNC2CCC2)nn1C1CCCCC1O. The normalized spacial score (nSPS) is 30.2. The lowest BCUT2D eigenvalue weighted by atomic mass is 9.92. The second kappa shape index (κ2) is 8.09. The molecule has 4 rings (SSSR count). The van der Waals surface area contributed by atoms with Gasteiger partial charge >= 0.3 is 0 Å². The molecule has 3 fully saturated rings. The van der Waals surface area contributed by atoms with Crippen LogP contribution in [0.5, 0.6) is 0 Å². The molecular formula is C20H32N4O2. The number of hydrogen-bond donors (Lipinski definition) is 2. The van der Waals surface area contributed by atoms with Crippen LogP contribution in [0, 0.1) is 0 Å². The van der Waals surface area contributed by atoms with E-state index in [1.54, 1.807) is 10.7 Å². The van der Waals surface area contributed by atoms with Crippen LogP contribution in [-0.4, -0.2) is 46.2 Å². The molecule has 1 saturated heterocycles. The number of piperidine rings is 1. The van der Waals surface area contributed by atoms with Gasteiger partial charge in [-0.25, -0.2) is 4.68 Å². The van der Waals surface area contributed by atoms with Crippen LogP contribution in [0.3, 0.4) is 0 Å². The number of nitrogens with one attached hydrogen (secondary N) is 1.